The minimum atomic E-state index is -0.911. The molecule has 2 rings (SSSR count). The highest BCUT2D eigenvalue weighted by atomic mass is 19.1. The molecule has 0 saturated carbocycles. The highest BCUT2D eigenvalue weighted by molar-refractivity contribution is 5.89. The van der Waals surface area contributed by atoms with Crippen LogP contribution in [0.3, 0.4) is 0 Å². The van der Waals surface area contributed by atoms with Crippen LogP contribution in [0.4, 0.5) is 14.9 Å². The Kier molecular flexibility index (Phi) is 3.79. The Labute approximate surface area is 109 Å². The lowest BCUT2D eigenvalue weighted by Gasteiger charge is -2.13. The van der Waals surface area contributed by atoms with Gasteiger partial charge in [0.05, 0.1) is 12.0 Å². The second-order valence-electron chi connectivity index (χ2n) is 4.28. The third kappa shape index (κ3) is 3.54. The highest BCUT2D eigenvalue weighted by Gasteiger charge is 2.25. The fraction of sp³-hybridized carbons (Fsp3) is 0.231. The third-order valence-corrected chi connectivity index (χ3v) is 2.80. The molecule has 0 heterocycles. The van der Waals surface area contributed by atoms with Gasteiger partial charge in [0, 0.05) is 5.69 Å². The molecule has 0 spiro atoms. The zero-order valence-electron chi connectivity index (χ0n) is 9.97. The molecule has 0 fully saturated rings. The largest absolute Gasteiger partial charge is 0.481 e. The van der Waals surface area contributed by atoms with Gasteiger partial charge in [-0.1, -0.05) is 18.2 Å². The number of carboxylic acids is 1. The van der Waals surface area contributed by atoms with Crippen molar-refractivity contribution in [1.29, 1.82) is 0 Å². The molecule has 1 aromatic rings. The van der Waals surface area contributed by atoms with Gasteiger partial charge in [0.25, 0.3) is 0 Å². The van der Waals surface area contributed by atoms with Crippen LogP contribution in [0.1, 0.15) is 6.42 Å². The highest BCUT2D eigenvalue weighted by Crippen LogP contribution is 2.18. The summed E-state index contributed by atoms with van der Waals surface area (Å²) in [6.07, 6.45) is 3.52. The van der Waals surface area contributed by atoms with E-state index in [1.165, 1.54) is 18.2 Å². The van der Waals surface area contributed by atoms with Gasteiger partial charge in [-0.2, -0.15) is 0 Å². The van der Waals surface area contributed by atoms with Crippen LogP contribution in [0.2, 0.25) is 0 Å². The summed E-state index contributed by atoms with van der Waals surface area (Å²) in [4.78, 5) is 22.4. The Morgan fingerprint density at radius 1 is 1.32 bits per heavy atom. The van der Waals surface area contributed by atoms with Gasteiger partial charge in [-0.15, -0.1) is 0 Å². The van der Waals surface area contributed by atoms with Crippen LogP contribution in [-0.4, -0.2) is 23.1 Å². The van der Waals surface area contributed by atoms with E-state index < -0.39 is 23.7 Å². The van der Waals surface area contributed by atoms with Gasteiger partial charge in [-0.05, 0) is 24.6 Å². The summed E-state index contributed by atoms with van der Waals surface area (Å²) in [7, 11) is 0. The van der Waals surface area contributed by atoms with Crippen molar-refractivity contribution in [3.63, 3.8) is 0 Å². The van der Waals surface area contributed by atoms with Gasteiger partial charge in [0.15, 0.2) is 0 Å². The topological polar surface area (TPSA) is 78.4 Å². The van der Waals surface area contributed by atoms with Gasteiger partial charge in [0.2, 0.25) is 0 Å². The van der Waals surface area contributed by atoms with Crippen molar-refractivity contribution in [2.24, 2.45) is 5.92 Å². The number of urea groups is 1. The molecule has 0 radical (unpaired) electrons. The van der Waals surface area contributed by atoms with Crippen molar-refractivity contribution in [1.82, 2.24) is 5.32 Å². The minimum absolute atomic E-state index is 0.324. The first-order chi connectivity index (χ1) is 9.04. The van der Waals surface area contributed by atoms with Gasteiger partial charge >= 0.3 is 12.0 Å². The summed E-state index contributed by atoms with van der Waals surface area (Å²) in [5, 5.41) is 13.9. The Bertz CT molecular complexity index is 530. The molecule has 1 aromatic carbocycles. The average molecular weight is 264 g/mol. The number of benzene rings is 1. The van der Waals surface area contributed by atoms with Crippen molar-refractivity contribution in [2.75, 3.05) is 5.32 Å². The number of carbonyl (C=O) groups is 2. The second-order valence-corrected chi connectivity index (χ2v) is 4.28. The molecule has 3 N–H and O–H groups in total. The van der Waals surface area contributed by atoms with Crippen LogP contribution in [0.15, 0.2) is 36.4 Å². The van der Waals surface area contributed by atoms with Crippen molar-refractivity contribution in [3.05, 3.63) is 42.2 Å². The summed E-state index contributed by atoms with van der Waals surface area (Å²) >= 11 is 0. The van der Waals surface area contributed by atoms with E-state index >= 15 is 0 Å². The summed E-state index contributed by atoms with van der Waals surface area (Å²) in [6, 6.07) is 4.71. The smallest absolute Gasteiger partial charge is 0.319 e. The zero-order chi connectivity index (χ0) is 13.8. The fourth-order valence-corrected chi connectivity index (χ4v) is 1.89. The molecule has 1 aliphatic carbocycles. The molecular formula is C13H13FN2O3. The van der Waals surface area contributed by atoms with Crippen LogP contribution < -0.4 is 10.6 Å². The number of carbonyl (C=O) groups excluding carboxylic acids is 1. The van der Waals surface area contributed by atoms with E-state index in [1.54, 1.807) is 18.2 Å². The number of hydrogen-bond donors (Lipinski definition) is 3. The van der Waals surface area contributed by atoms with Crippen LogP contribution in [0.5, 0.6) is 0 Å². The van der Waals surface area contributed by atoms with Crippen molar-refractivity contribution < 1.29 is 19.1 Å². The van der Waals surface area contributed by atoms with Crippen molar-refractivity contribution in [2.45, 2.75) is 12.5 Å². The first-order valence-corrected chi connectivity index (χ1v) is 5.79. The maximum absolute atomic E-state index is 12.9. The Balaban J connectivity index is 1.86. The maximum Gasteiger partial charge on any atom is 0.319 e. The van der Waals surface area contributed by atoms with E-state index in [4.69, 9.17) is 5.11 Å². The van der Waals surface area contributed by atoms with E-state index in [0.717, 1.165) is 0 Å². The molecule has 100 valence electrons. The predicted octanol–water partition coefficient (Wildman–Crippen LogP) is 1.98. The van der Waals surface area contributed by atoms with E-state index in [0.29, 0.717) is 12.1 Å². The van der Waals surface area contributed by atoms with E-state index in [-0.39, 0.29) is 6.04 Å². The quantitative estimate of drug-likeness (QED) is 0.730. The Morgan fingerprint density at radius 2 is 2.11 bits per heavy atom. The number of hydrogen-bond acceptors (Lipinski definition) is 2. The molecule has 1 aliphatic rings. The number of anilines is 1. The number of rotatable bonds is 3. The lowest BCUT2D eigenvalue weighted by atomic mass is 10.1. The first-order valence-electron chi connectivity index (χ1n) is 5.79. The van der Waals surface area contributed by atoms with Crippen LogP contribution in [0.25, 0.3) is 0 Å². The summed E-state index contributed by atoms with van der Waals surface area (Å²) in [6.45, 7) is 0. The monoisotopic (exact) mass is 264 g/mol. The Morgan fingerprint density at radius 3 is 2.74 bits per heavy atom. The molecule has 2 unspecified atom stereocenters. The van der Waals surface area contributed by atoms with Gasteiger partial charge < -0.3 is 15.7 Å². The van der Waals surface area contributed by atoms with E-state index in [1.807, 2.05) is 0 Å². The molecular weight excluding hydrogens is 251 g/mol. The molecule has 5 nitrogen and oxygen atoms in total. The molecule has 0 bridgehead atoms. The molecule has 2 atom stereocenters. The van der Waals surface area contributed by atoms with Gasteiger partial charge in [-0.25, -0.2) is 9.18 Å². The number of halogens is 1. The average Bonchev–Trinajstić information content (AvgIpc) is 2.77. The van der Waals surface area contributed by atoms with Gasteiger partial charge in [0.1, 0.15) is 5.82 Å². The van der Waals surface area contributed by atoms with Crippen LogP contribution in [0, 0.1) is 11.7 Å². The number of carboxylic acid groups (broad SMARTS) is 1. The molecule has 0 saturated heterocycles. The molecule has 2 amide bonds. The van der Waals surface area contributed by atoms with E-state index in [9.17, 15) is 14.0 Å². The third-order valence-electron chi connectivity index (χ3n) is 2.80. The lowest BCUT2D eigenvalue weighted by Crippen LogP contribution is -2.36. The van der Waals surface area contributed by atoms with Crippen LogP contribution in [-0.2, 0) is 4.79 Å². The summed E-state index contributed by atoms with van der Waals surface area (Å²) in [5.74, 6) is -1.92. The van der Waals surface area contributed by atoms with Crippen molar-refractivity contribution in [3.8, 4) is 0 Å². The second kappa shape index (κ2) is 5.51. The van der Waals surface area contributed by atoms with E-state index in [2.05, 4.69) is 10.6 Å². The SMILES string of the molecule is O=C(Nc1cccc(F)c1)NC1C=CC(C(=O)O)C1. The van der Waals surface area contributed by atoms with Gasteiger partial charge in [-0.3, -0.25) is 4.79 Å². The summed E-state index contributed by atoms with van der Waals surface area (Å²) < 4.78 is 12.9. The number of amides is 2. The first kappa shape index (κ1) is 13.1. The number of nitrogens with one attached hydrogen (secondary N) is 2. The molecule has 0 aromatic heterocycles. The predicted molar refractivity (Wildman–Crippen MR) is 67.2 cm³/mol. The lowest BCUT2D eigenvalue weighted by molar-refractivity contribution is -0.140. The summed E-state index contributed by atoms with van der Waals surface area (Å²) in [5.41, 5.74) is 0.342. The standard InChI is InChI=1S/C13H13FN2O3/c14-9-2-1-3-10(7-9)15-13(19)16-11-5-4-8(6-11)12(17)18/h1-5,7-8,11H,6H2,(H,17,18)(H2,15,16,19). The Hall–Kier alpha value is -2.37. The zero-order valence-corrected chi connectivity index (χ0v) is 9.97. The normalized spacial score (nSPS) is 21.1. The van der Waals surface area contributed by atoms with Crippen molar-refractivity contribution >= 4 is 17.7 Å². The molecule has 6 heteroatoms. The maximum atomic E-state index is 12.9. The molecule has 19 heavy (non-hydrogen) atoms. The number of aliphatic carboxylic acids is 1. The minimum Gasteiger partial charge on any atom is -0.481 e. The molecule has 0 aliphatic heterocycles. The fourth-order valence-electron chi connectivity index (χ4n) is 1.89. The van der Waals surface area contributed by atoms with Crippen LogP contribution >= 0.6 is 0 Å².